The summed E-state index contributed by atoms with van der Waals surface area (Å²) in [5, 5.41) is 3.40. The molecule has 0 aliphatic rings. The first-order valence-electron chi connectivity index (χ1n) is 7.44. The Kier molecular flexibility index (Phi) is 6.46. The number of hydrogen-bond acceptors (Lipinski definition) is 3. The van der Waals surface area contributed by atoms with Crippen LogP contribution >= 0.6 is 0 Å². The highest BCUT2D eigenvalue weighted by molar-refractivity contribution is 5.45. The van der Waals surface area contributed by atoms with E-state index in [1.807, 2.05) is 13.8 Å². The van der Waals surface area contributed by atoms with E-state index in [1.54, 1.807) is 13.2 Å². The maximum atomic E-state index is 14.3. The molecule has 21 heavy (non-hydrogen) atoms. The van der Waals surface area contributed by atoms with Crippen molar-refractivity contribution in [3.8, 4) is 11.5 Å². The monoisotopic (exact) mass is 297 g/mol. The fraction of sp³-hybridized carbons (Fsp3) is 0.647. The minimum atomic E-state index is -0.270. The first-order chi connectivity index (χ1) is 9.81. The van der Waals surface area contributed by atoms with Crippen LogP contribution in [0.15, 0.2) is 12.1 Å². The summed E-state index contributed by atoms with van der Waals surface area (Å²) in [7, 11) is 3.08. The van der Waals surface area contributed by atoms with E-state index in [1.165, 1.54) is 13.2 Å². The summed E-state index contributed by atoms with van der Waals surface area (Å²) in [6.45, 7) is 10.3. The summed E-state index contributed by atoms with van der Waals surface area (Å²) < 4.78 is 24.7. The maximum Gasteiger partial charge on any atom is 0.163 e. The highest BCUT2D eigenvalue weighted by Gasteiger charge is 2.26. The van der Waals surface area contributed by atoms with Crippen molar-refractivity contribution in [1.29, 1.82) is 0 Å². The van der Waals surface area contributed by atoms with Crippen LogP contribution in [0.25, 0.3) is 0 Å². The van der Waals surface area contributed by atoms with Gasteiger partial charge in [0.1, 0.15) is 5.82 Å². The highest BCUT2D eigenvalue weighted by Crippen LogP contribution is 2.36. The van der Waals surface area contributed by atoms with Gasteiger partial charge >= 0.3 is 0 Å². The third kappa shape index (κ3) is 4.88. The zero-order valence-electron chi connectivity index (χ0n) is 14.0. The Bertz CT molecular complexity index is 458. The first kappa shape index (κ1) is 17.8. The Morgan fingerprint density at radius 2 is 1.71 bits per heavy atom. The molecule has 120 valence electrons. The molecule has 0 heterocycles. The summed E-state index contributed by atoms with van der Waals surface area (Å²) in [6, 6.07) is 3.15. The number of hydrogen-bond donors (Lipinski definition) is 1. The van der Waals surface area contributed by atoms with Gasteiger partial charge in [-0.3, -0.25) is 0 Å². The van der Waals surface area contributed by atoms with Gasteiger partial charge in [0, 0.05) is 6.07 Å². The Balaban J connectivity index is 2.86. The second kappa shape index (κ2) is 7.64. The van der Waals surface area contributed by atoms with E-state index in [-0.39, 0.29) is 11.2 Å². The molecule has 0 spiro atoms. The highest BCUT2D eigenvalue weighted by atomic mass is 19.1. The smallest absolute Gasteiger partial charge is 0.163 e. The lowest BCUT2D eigenvalue weighted by atomic mass is 9.81. The Morgan fingerprint density at radius 3 is 2.24 bits per heavy atom. The van der Waals surface area contributed by atoms with E-state index < -0.39 is 0 Å². The largest absolute Gasteiger partial charge is 0.493 e. The van der Waals surface area contributed by atoms with Crippen molar-refractivity contribution in [2.24, 2.45) is 5.92 Å². The van der Waals surface area contributed by atoms with Gasteiger partial charge in [0.25, 0.3) is 0 Å². The van der Waals surface area contributed by atoms with E-state index >= 15 is 0 Å². The number of halogens is 1. The molecule has 0 radical (unpaired) electrons. The van der Waals surface area contributed by atoms with Gasteiger partial charge in [-0.1, -0.05) is 27.7 Å². The minimum Gasteiger partial charge on any atom is -0.493 e. The van der Waals surface area contributed by atoms with Crippen molar-refractivity contribution in [3.63, 3.8) is 0 Å². The van der Waals surface area contributed by atoms with Crippen molar-refractivity contribution >= 4 is 0 Å². The van der Waals surface area contributed by atoms with Gasteiger partial charge in [-0.25, -0.2) is 4.39 Å². The molecule has 0 fully saturated rings. The van der Waals surface area contributed by atoms with Gasteiger partial charge in [-0.05, 0) is 42.5 Å². The van der Waals surface area contributed by atoms with Crippen LogP contribution in [0.1, 0.15) is 39.7 Å². The van der Waals surface area contributed by atoms with Crippen molar-refractivity contribution in [1.82, 2.24) is 5.32 Å². The van der Waals surface area contributed by atoms with Crippen LogP contribution in [0.2, 0.25) is 0 Å². The molecule has 0 aliphatic carbocycles. The molecular weight excluding hydrogens is 269 g/mol. The van der Waals surface area contributed by atoms with Crippen LogP contribution in [0.5, 0.6) is 11.5 Å². The van der Waals surface area contributed by atoms with E-state index in [0.717, 1.165) is 19.5 Å². The molecule has 0 unspecified atom stereocenters. The number of ether oxygens (including phenoxy) is 2. The van der Waals surface area contributed by atoms with Crippen LogP contribution in [0, 0.1) is 11.7 Å². The third-order valence-corrected chi connectivity index (χ3v) is 3.68. The molecule has 0 aliphatic heterocycles. The summed E-state index contributed by atoms with van der Waals surface area (Å²) in [4.78, 5) is 0. The number of benzene rings is 1. The van der Waals surface area contributed by atoms with Gasteiger partial charge in [0.2, 0.25) is 0 Å². The van der Waals surface area contributed by atoms with Crippen molar-refractivity contribution in [2.75, 3.05) is 27.3 Å². The van der Waals surface area contributed by atoms with Gasteiger partial charge in [-0.15, -0.1) is 0 Å². The van der Waals surface area contributed by atoms with Crippen LogP contribution in [0.4, 0.5) is 4.39 Å². The molecule has 4 heteroatoms. The average Bonchev–Trinajstić information content (AvgIpc) is 2.42. The summed E-state index contributed by atoms with van der Waals surface area (Å²) in [5.74, 6) is 1.36. The summed E-state index contributed by atoms with van der Waals surface area (Å²) in [6.07, 6.45) is 0.853. The molecule has 0 bridgehead atoms. The predicted octanol–water partition coefficient (Wildman–Crippen LogP) is 3.76. The standard InChI is InChI=1S/C17H28FNO2/c1-12(2)11-19-8-7-17(3,4)13-9-15(20-5)16(21-6)10-14(13)18/h9-10,12,19H,7-8,11H2,1-6H3. The SMILES string of the molecule is COc1cc(F)c(C(C)(C)CCNCC(C)C)cc1OC. The quantitative estimate of drug-likeness (QED) is 0.741. The predicted molar refractivity (Wildman–Crippen MR) is 84.9 cm³/mol. The molecule has 1 N–H and O–H groups in total. The van der Waals surface area contributed by atoms with E-state index in [2.05, 4.69) is 19.2 Å². The average molecular weight is 297 g/mol. The van der Waals surface area contributed by atoms with Crippen LogP contribution in [-0.4, -0.2) is 27.3 Å². The lowest BCUT2D eigenvalue weighted by Gasteiger charge is -2.27. The molecule has 3 nitrogen and oxygen atoms in total. The number of methoxy groups -OCH3 is 2. The zero-order valence-corrected chi connectivity index (χ0v) is 14.0. The Labute approximate surface area is 127 Å². The topological polar surface area (TPSA) is 30.5 Å². The Morgan fingerprint density at radius 1 is 1.14 bits per heavy atom. The van der Waals surface area contributed by atoms with Gasteiger partial charge < -0.3 is 14.8 Å². The molecular formula is C17H28FNO2. The number of rotatable bonds is 8. The molecule has 1 aromatic rings. The van der Waals surface area contributed by atoms with Crippen molar-refractivity contribution in [2.45, 2.75) is 39.5 Å². The lowest BCUT2D eigenvalue weighted by molar-refractivity contribution is 0.347. The van der Waals surface area contributed by atoms with Crippen LogP contribution in [0.3, 0.4) is 0 Å². The Hall–Kier alpha value is -1.29. The van der Waals surface area contributed by atoms with E-state index in [9.17, 15) is 4.39 Å². The van der Waals surface area contributed by atoms with Crippen molar-refractivity contribution < 1.29 is 13.9 Å². The summed E-state index contributed by atoms with van der Waals surface area (Å²) >= 11 is 0. The second-order valence-corrected chi connectivity index (χ2v) is 6.42. The summed E-state index contributed by atoms with van der Waals surface area (Å²) in [5.41, 5.74) is 0.389. The van der Waals surface area contributed by atoms with Crippen LogP contribution < -0.4 is 14.8 Å². The van der Waals surface area contributed by atoms with Gasteiger partial charge in [-0.2, -0.15) is 0 Å². The second-order valence-electron chi connectivity index (χ2n) is 6.42. The fourth-order valence-electron chi connectivity index (χ4n) is 2.30. The van der Waals surface area contributed by atoms with Gasteiger partial charge in [0.15, 0.2) is 11.5 Å². The first-order valence-corrected chi connectivity index (χ1v) is 7.44. The number of nitrogens with one attached hydrogen (secondary N) is 1. The van der Waals surface area contributed by atoms with Crippen LogP contribution in [-0.2, 0) is 5.41 Å². The van der Waals surface area contributed by atoms with E-state index in [4.69, 9.17) is 9.47 Å². The molecule has 0 saturated heterocycles. The minimum absolute atomic E-state index is 0.249. The zero-order chi connectivity index (χ0) is 16.0. The molecule has 0 amide bonds. The molecule has 0 saturated carbocycles. The fourth-order valence-corrected chi connectivity index (χ4v) is 2.30. The van der Waals surface area contributed by atoms with Gasteiger partial charge in [0.05, 0.1) is 14.2 Å². The molecule has 0 atom stereocenters. The maximum absolute atomic E-state index is 14.3. The van der Waals surface area contributed by atoms with E-state index in [0.29, 0.717) is 23.0 Å². The third-order valence-electron chi connectivity index (χ3n) is 3.68. The van der Waals surface area contributed by atoms with Crippen molar-refractivity contribution in [3.05, 3.63) is 23.5 Å². The normalized spacial score (nSPS) is 11.8. The molecule has 0 aromatic heterocycles. The molecule has 1 aromatic carbocycles. The lowest BCUT2D eigenvalue weighted by Crippen LogP contribution is -2.28. The molecule has 1 rings (SSSR count).